The number of aryl methyl sites for hydroxylation is 1. The second kappa shape index (κ2) is 4.96. The molecule has 0 fully saturated rings. The molecule has 0 saturated heterocycles. The van der Waals surface area contributed by atoms with Crippen molar-refractivity contribution in [1.82, 2.24) is 10.1 Å². The number of rotatable bonds is 4. The SMILES string of the molecule is CC[C@H](C)C(=O)N(C)Cc1cc(C)on1. The minimum atomic E-state index is 0.0722. The molecule has 1 rings (SSSR count). The van der Waals surface area contributed by atoms with Gasteiger partial charge in [-0.05, 0) is 13.3 Å². The molecule has 0 saturated carbocycles. The van der Waals surface area contributed by atoms with Crippen LogP contribution in [0, 0.1) is 12.8 Å². The molecule has 0 spiro atoms. The van der Waals surface area contributed by atoms with Gasteiger partial charge in [0.05, 0.1) is 6.54 Å². The van der Waals surface area contributed by atoms with Crippen molar-refractivity contribution in [2.24, 2.45) is 5.92 Å². The highest BCUT2D eigenvalue weighted by molar-refractivity contribution is 5.78. The molecule has 0 aliphatic rings. The average molecular weight is 210 g/mol. The Bertz CT molecular complexity index is 333. The van der Waals surface area contributed by atoms with E-state index in [0.29, 0.717) is 6.54 Å². The van der Waals surface area contributed by atoms with Gasteiger partial charge in [-0.2, -0.15) is 0 Å². The van der Waals surface area contributed by atoms with Gasteiger partial charge >= 0.3 is 0 Å². The Labute approximate surface area is 90.2 Å². The predicted octanol–water partition coefficient (Wildman–Crippen LogP) is 1.99. The lowest BCUT2D eigenvalue weighted by Gasteiger charge is -2.19. The Balaban J connectivity index is 2.55. The van der Waals surface area contributed by atoms with E-state index in [1.165, 1.54) is 0 Å². The third-order valence-electron chi connectivity index (χ3n) is 2.49. The average Bonchev–Trinajstić information content (AvgIpc) is 2.61. The molecule has 0 aliphatic heterocycles. The highest BCUT2D eigenvalue weighted by atomic mass is 16.5. The third-order valence-corrected chi connectivity index (χ3v) is 2.49. The molecule has 0 unspecified atom stereocenters. The number of nitrogens with zero attached hydrogens (tertiary/aromatic N) is 2. The summed E-state index contributed by atoms with van der Waals surface area (Å²) in [5, 5.41) is 3.85. The van der Waals surface area contributed by atoms with Crippen LogP contribution in [0.4, 0.5) is 0 Å². The fourth-order valence-electron chi connectivity index (χ4n) is 1.36. The van der Waals surface area contributed by atoms with Crippen LogP contribution in [-0.2, 0) is 11.3 Å². The van der Waals surface area contributed by atoms with E-state index in [1.807, 2.05) is 26.8 Å². The van der Waals surface area contributed by atoms with Gasteiger partial charge in [0.2, 0.25) is 5.91 Å². The maximum atomic E-state index is 11.8. The van der Waals surface area contributed by atoms with Gasteiger partial charge in [-0.1, -0.05) is 19.0 Å². The van der Waals surface area contributed by atoms with Gasteiger partial charge in [-0.25, -0.2) is 0 Å². The van der Waals surface area contributed by atoms with Crippen molar-refractivity contribution >= 4 is 5.91 Å². The molecule has 84 valence electrons. The van der Waals surface area contributed by atoms with Crippen molar-refractivity contribution in [3.05, 3.63) is 17.5 Å². The van der Waals surface area contributed by atoms with E-state index in [2.05, 4.69) is 5.16 Å². The van der Waals surface area contributed by atoms with Gasteiger partial charge in [0.1, 0.15) is 11.5 Å². The van der Waals surface area contributed by atoms with Gasteiger partial charge in [0, 0.05) is 19.0 Å². The zero-order chi connectivity index (χ0) is 11.4. The van der Waals surface area contributed by atoms with E-state index in [-0.39, 0.29) is 11.8 Å². The van der Waals surface area contributed by atoms with Crippen LogP contribution in [0.1, 0.15) is 31.7 Å². The molecule has 0 bridgehead atoms. The van der Waals surface area contributed by atoms with Crippen molar-refractivity contribution in [2.45, 2.75) is 33.7 Å². The maximum absolute atomic E-state index is 11.8. The Hall–Kier alpha value is -1.32. The molecule has 0 N–H and O–H groups in total. The van der Waals surface area contributed by atoms with Crippen molar-refractivity contribution < 1.29 is 9.32 Å². The van der Waals surface area contributed by atoms with E-state index in [4.69, 9.17) is 4.52 Å². The second-order valence-electron chi connectivity index (χ2n) is 3.93. The number of hydrogen-bond acceptors (Lipinski definition) is 3. The van der Waals surface area contributed by atoms with Crippen molar-refractivity contribution in [3.8, 4) is 0 Å². The lowest BCUT2D eigenvalue weighted by molar-refractivity contribution is -0.134. The molecule has 1 aromatic heterocycles. The Morgan fingerprint density at radius 2 is 2.33 bits per heavy atom. The van der Waals surface area contributed by atoms with E-state index in [0.717, 1.165) is 17.9 Å². The smallest absolute Gasteiger partial charge is 0.225 e. The van der Waals surface area contributed by atoms with E-state index in [1.54, 1.807) is 11.9 Å². The molecule has 4 heteroatoms. The Morgan fingerprint density at radius 1 is 1.67 bits per heavy atom. The summed E-state index contributed by atoms with van der Waals surface area (Å²) in [6, 6.07) is 1.85. The molecule has 1 aromatic rings. The number of hydrogen-bond donors (Lipinski definition) is 0. The van der Waals surface area contributed by atoms with Gasteiger partial charge in [-0.15, -0.1) is 0 Å². The molecule has 0 aromatic carbocycles. The summed E-state index contributed by atoms with van der Waals surface area (Å²) in [7, 11) is 1.79. The van der Waals surface area contributed by atoms with Crippen LogP contribution in [0.2, 0.25) is 0 Å². The minimum absolute atomic E-state index is 0.0722. The predicted molar refractivity (Wildman–Crippen MR) is 57.2 cm³/mol. The minimum Gasteiger partial charge on any atom is -0.361 e. The van der Waals surface area contributed by atoms with Crippen LogP contribution >= 0.6 is 0 Å². The van der Waals surface area contributed by atoms with E-state index >= 15 is 0 Å². The van der Waals surface area contributed by atoms with Crippen LogP contribution < -0.4 is 0 Å². The summed E-state index contributed by atoms with van der Waals surface area (Å²) in [6.45, 7) is 6.30. The molecule has 0 radical (unpaired) electrons. The molecule has 1 amide bonds. The normalized spacial score (nSPS) is 12.5. The summed E-state index contributed by atoms with van der Waals surface area (Å²) >= 11 is 0. The summed E-state index contributed by atoms with van der Waals surface area (Å²) in [5.41, 5.74) is 0.798. The fourth-order valence-corrected chi connectivity index (χ4v) is 1.36. The topological polar surface area (TPSA) is 46.3 Å². The molecular formula is C11H18N2O2. The first-order valence-electron chi connectivity index (χ1n) is 5.21. The van der Waals surface area contributed by atoms with Crippen molar-refractivity contribution in [2.75, 3.05) is 7.05 Å². The van der Waals surface area contributed by atoms with E-state index < -0.39 is 0 Å². The molecule has 0 aliphatic carbocycles. The highest BCUT2D eigenvalue weighted by Crippen LogP contribution is 2.09. The molecular weight excluding hydrogens is 192 g/mol. The molecule has 4 nitrogen and oxygen atoms in total. The van der Waals surface area contributed by atoms with Crippen LogP contribution in [0.25, 0.3) is 0 Å². The first kappa shape index (κ1) is 11.8. The second-order valence-corrected chi connectivity index (χ2v) is 3.93. The highest BCUT2D eigenvalue weighted by Gasteiger charge is 2.16. The lowest BCUT2D eigenvalue weighted by Crippen LogP contribution is -2.31. The summed E-state index contributed by atoms with van der Waals surface area (Å²) < 4.78 is 4.94. The van der Waals surface area contributed by atoms with Crippen molar-refractivity contribution in [3.63, 3.8) is 0 Å². The van der Waals surface area contributed by atoms with Gasteiger partial charge < -0.3 is 9.42 Å². The number of aromatic nitrogens is 1. The molecule has 15 heavy (non-hydrogen) atoms. The summed E-state index contributed by atoms with van der Waals surface area (Å²) in [6.07, 6.45) is 0.862. The third kappa shape index (κ3) is 3.08. The monoisotopic (exact) mass is 210 g/mol. The standard InChI is InChI=1S/C11H18N2O2/c1-5-8(2)11(14)13(4)7-10-6-9(3)15-12-10/h6,8H,5,7H2,1-4H3/t8-/m0/s1. The largest absolute Gasteiger partial charge is 0.361 e. The van der Waals surface area contributed by atoms with Gasteiger partial charge in [0.15, 0.2) is 0 Å². The fraction of sp³-hybridized carbons (Fsp3) is 0.636. The van der Waals surface area contributed by atoms with Crippen LogP contribution in [0.15, 0.2) is 10.6 Å². The Morgan fingerprint density at radius 3 is 2.80 bits per heavy atom. The van der Waals surface area contributed by atoms with Gasteiger partial charge in [-0.3, -0.25) is 4.79 Å². The quantitative estimate of drug-likeness (QED) is 0.763. The van der Waals surface area contributed by atoms with Crippen LogP contribution in [0.3, 0.4) is 0 Å². The first-order chi connectivity index (χ1) is 7.04. The lowest BCUT2D eigenvalue weighted by atomic mass is 10.1. The van der Waals surface area contributed by atoms with E-state index in [9.17, 15) is 4.79 Å². The number of carbonyl (C=O) groups is 1. The summed E-state index contributed by atoms with van der Waals surface area (Å²) in [5.74, 6) is 0.996. The zero-order valence-electron chi connectivity index (χ0n) is 9.78. The maximum Gasteiger partial charge on any atom is 0.225 e. The molecule has 1 atom stereocenters. The number of carbonyl (C=O) groups excluding carboxylic acids is 1. The van der Waals surface area contributed by atoms with Crippen molar-refractivity contribution in [1.29, 1.82) is 0 Å². The zero-order valence-corrected chi connectivity index (χ0v) is 9.78. The van der Waals surface area contributed by atoms with Crippen LogP contribution in [0.5, 0.6) is 0 Å². The van der Waals surface area contributed by atoms with Crippen LogP contribution in [-0.4, -0.2) is 23.0 Å². The molecule has 1 heterocycles. The Kier molecular flexibility index (Phi) is 3.88. The number of amides is 1. The first-order valence-corrected chi connectivity index (χ1v) is 5.21. The van der Waals surface area contributed by atoms with Gasteiger partial charge in [0.25, 0.3) is 0 Å². The summed E-state index contributed by atoms with van der Waals surface area (Å²) in [4.78, 5) is 13.4.